The molecule has 11 heavy (non-hydrogen) atoms. The zero-order chi connectivity index (χ0) is 7.90. The maximum Gasteiger partial charge on any atom is 0.310 e. The number of esters is 1. The standard InChI is InChI=1S/C8H10O2S/c1-8-4-2-7(9)10-6(8)3-5-11-8/h3H,2,4-5H2,1H3/t8-/m0/s1. The van der Waals surface area contributed by atoms with Crippen LogP contribution in [0.1, 0.15) is 19.8 Å². The molecule has 0 aliphatic carbocycles. The van der Waals surface area contributed by atoms with Crippen molar-refractivity contribution in [2.75, 3.05) is 5.75 Å². The smallest absolute Gasteiger partial charge is 0.310 e. The molecular formula is C8H10O2S. The highest BCUT2D eigenvalue weighted by molar-refractivity contribution is 8.01. The fourth-order valence-corrected chi connectivity index (χ4v) is 2.56. The number of rotatable bonds is 0. The zero-order valence-electron chi connectivity index (χ0n) is 6.42. The molecule has 0 N–H and O–H groups in total. The van der Waals surface area contributed by atoms with E-state index in [9.17, 15) is 4.79 Å². The van der Waals surface area contributed by atoms with E-state index in [0.717, 1.165) is 17.9 Å². The highest BCUT2D eigenvalue weighted by atomic mass is 32.2. The van der Waals surface area contributed by atoms with Gasteiger partial charge in [0.05, 0.1) is 4.75 Å². The van der Waals surface area contributed by atoms with Crippen molar-refractivity contribution in [2.45, 2.75) is 24.5 Å². The monoisotopic (exact) mass is 170 g/mol. The van der Waals surface area contributed by atoms with E-state index in [1.54, 1.807) is 0 Å². The predicted molar refractivity (Wildman–Crippen MR) is 44.3 cm³/mol. The summed E-state index contributed by atoms with van der Waals surface area (Å²) >= 11 is 1.86. The first-order valence-electron chi connectivity index (χ1n) is 3.76. The Morgan fingerprint density at radius 1 is 1.73 bits per heavy atom. The molecule has 2 heterocycles. The lowest BCUT2D eigenvalue weighted by molar-refractivity contribution is -0.142. The summed E-state index contributed by atoms with van der Waals surface area (Å²) in [5.41, 5.74) is 0. The van der Waals surface area contributed by atoms with Gasteiger partial charge in [0.1, 0.15) is 5.76 Å². The normalized spacial score (nSPS) is 36.1. The number of carbonyl (C=O) groups excluding carboxylic acids is 1. The molecule has 0 aromatic carbocycles. The Kier molecular flexibility index (Phi) is 1.49. The number of hydrogen-bond donors (Lipinski definition) is 0. The lowest BCUT2D eigenvalue weighted by Crippen LogP contribution is -2.29. The summed E-state index contributed by atoms with van der Waals surface area (Å²) < 4.78 is 5.22. The van der Waals surface area contributed by atoms with Crippen molar-refractivity contribution in [1.29, 1.82) is 0 Å². The molecule has 0 spiro atoms. The lowest BCUT2D eigenvalue weighted by Gasteiger charge is -2.29. The second-order valence-electron chi connectivity index (χ2n) is 3.08. The van der Waals surface area contributed by atoms with Crippen LogP contribution in [0.4, 0.5) is 0 Å². The molecule has 0 unspecified atom stereocenters. The average Bonchev–Trinajstić information content (AvgIpc) is 2.31. The molecule has 2 rings (SSSR count). The van der Waals surface area contributed by atoms with Gasteiger partial charge in [-0.25, -0.2) is 0 Å². The SMILES string of the molecule is C[C@]12CCC(=O)OC1=CCS2. The van der Waals surface area contributed by atoms with Crippen molar-refractivity contribution in [3.05, 3.63) is 11.8 Å². The second kappa shape index (κ2) is 2.27. The summed E-state index contributed by atoms with van der Waals surface area (Å²) in [5, 5.41) is 0. The summed E-state index contributed by atoms with van der Waals surface area (Å²) in [7, 11) is 0. The van der Waals surface area contributed by atoms with E-state index >= 15 is 0 Å². The van der Waals surface area contributed by atoms with Gasteiger partial charge in [-0.2, -0.15) is 0 Å². The molecule has 0 bridgehead atoms. The van der Waals surface area contributed by atoms with Crippen LogP contribution in [0, 0.1) is 0 Å². The third-order valence-corrected chi connectivity index (χ3v) is 3.60. The van der Waals surface area contributed by atoms with Crippen LogP contribution in [-0.4, -0.2) is 16.5 Å². The molecule has 0 aromatic heterocycles. The van der Waals surface area contributed by atoms with Gasteiger partial charge in [-0.05, 0) is 19.4 Å². The molecule has 60 valence electrons. The summed E-state index contributed by atoms with van der Waals surface area (Å²) in [5.74, 6) is 1.80. The Bertz CT molecular complexity index is 234. The van der Waals surface area contributed by atoms with E-state index in [2.05, 4.69) is 6.92 Å². The first kappa shape index (κ1) is 7.22. The van der Waals surface area contributed by atoms with Gasteiger partial charge in [0.25, 0.3) is 0 Å². The van der Waals surface area contributed by atoms with Crippen molar-refractivity contribution >= 4 is 17.7 Å². The highest BCUT2D eigenvalue weighted by Gasteiger charge is 2.40. The molecule has 3 heteroatoms. The quantitative estimate of drug-likeness (QED) is 0.518. The zero-order valence-corrected chi connectivity index (χ0v) is 7.24. The van der Waals surface area contributed by atoms with Crippen LogP contribution in [0.5, 0.6) is 0 Å². The third-order valence-electron chi connectivity index (χ3n) is 2.22. The molecule has 0 radical (unpaired) electrons. The molecule has 2 aliphatic rings. The summed E-state index contributed by atoms with van der Waals surface area (Å²) in [4.78, 5) is 10.9. The Balaban J connectivity index is 2.25. The van der Waals surface area contributed by atoms with Gasteiger partial charge in [0, 0.05) is 12.2 Å². The first-order chi connectivity index (χ1) is 5.21. The molecule has 2 aliphatic heterocycles. The van der Waals surface area contributed by atoms with Crippen LogP contribution < -0.4 is 0 Å². The van der Waals surface area contributed by atoms with Gasteiger partial charge in [-0.3, -0.25) is 4.79 Å². The van der Waals surface area contributed by atoms with Crippen molar-refractivity contribution in [2.24, 2.45) is 0 Å². The fraction of sp³-hybridized carbons (Fsp3) is 0.625. The Morgan fingerprint density at radius 3 is 3.36 bits per heavy atom. The van der Waals surface area contributed by atoms with Gasteiger partial charge in [-0.15, -0.1) is 11.8 Å². The van der Waals surface area contributed by atoms with Crippen LogP contribution in [0.25, 0.3) is 0 Å². The predicted octanol–water partition coefficient (Wildman–Crippen LogP) is 1.71. The molecule has 0 aromatic rings. The number of thioether (sulfide) groups is 1. The average molecular weight is 170 g/mol. The van der Waals surface area contributed by atoms with Crippen LogP contribution in [0.2, 0.25) is 0 Å². The Hall–Kier alpha value is -0.440. The highest BCUT2D eigenvalue weighted by Crippen LogP contribution is 2.45. The van der Waals surface area contributed by atoms with Crippen molar-refractivity contribution < 1.29 is 9.53 Å². The van der Waals surface area contributed by atoms with Crippen LogP contribution in [0.15, 0.2) is 11.8 Å². The summed E-state index contributed by atoms with van der Waals surface area (Å²) in [6, 6.07) is 0. The Morgan fingerprint density at radius 2 is 2.55 bits per heavy atom. The van der Waals surface area contributed by atoms with Crippen LogP contribution >= 0.6 is 11.8 Å². The number of ether oxygens (including phenoxy) is 1. The minimum atomic E-state index is -0.0729. The van der Waals surface area contributed by atoms with E-state index in [-0.39, 0.29) is 10.7 Å². The molecular weight excluding hydrogens is 160 g/mol. The van der Waals surface area contributed by atoms with Crippen LogP contribution in [-0.2, 0) is 9.53 Å². The van der Waals surface area contributed by atoms with Gasteiger partial charge in [0.2, 0.25) is 0 Å². The van der Waals surface area contributed by atoms with E-state index in [1.807, 2.05) is 17.8 Å². The van der Waals surface area contributed by atoms with E-state index in [4.69, 9.17) is 4.74 Å². The molecule has 0 saturated carbocycles. The molecule has 1 fully saturated rings. The van der Waals surface area contributed by atoms with E-state index < -0.39 is 0 Å². The molecule has 1 atom stereocenters. The fourth-order valence-electron chi connectivity index (χ4n) is 1.45. The van der Waals surface area contributed by atoms with E-state index in [1.165, 1.54) is 0 Å². The largest absolute Gasteiger partial charge is 0.430 e. The maximum atomic E-state index is 10.9. The van der Waals surface area contributed by atoms with Crippen molar-refractivity contribution in [1.82, 2.24) is 0 Å². The van der Waals surface area contributed by atoms with Gasteiger partial charge < -0.3 is 4.74 Å². The summed E-state index contributed by atoms with van der Waals surface area (Å²) in [6.45, 7) is 2.14. The number of fused-ring (bicyclic) bond motifs is 1. The third kappa shape index (κ3) is 1.07. The topological polar surface area (TPSA) is 26.3 Å². The van der Waals surface area contributed by atoms with Gasteiger partial charge in [-0.1, -0.05) is 0 Å². The minimum absolute atomic E-state index is 0.0729. The maximum absolute atomic E-state index is 10.9. The van der Waals surface area contributed by atoms with Crippen molar-refractivity contribution in [3.63, 3.8) is 0 Å². The molecule has 1 saturated heterocycles. The first-order valence-corrected chi connectivity index (χ1v) is 4.74. The van der Waals surface area contributed by atoms with Gasteiger partial charge in [0.15, 0.2) is 0 Å². The minimum Gasteiger partial charge on any atom is -0.430 e. The van der Waals surface area contributed by atoms with E-state index in [0.29, 0.717) is 6.42 Å². The molecule has 2 nitrogen and oxygen atoms in total. The summed E-state index contributed by atoms with van der Waals surface area (Å²) in [6.07, 6.45) is 3.52. The number of carbonyl (C=O) groups is 1. The number of hydrogen-bond acceptors (Lipinski definition) is 3. The van der Waals surface area contributed by atoms with Crippen molar-refractivity contribution in [3.8, 4) is 0 Å². The lowest BCUT2D eigenvalue weighted by atomic mass is 10.00. The van der Waals surface area contributed by atoms with Crippen LogP contribution in [0.3, 0.4) is 0 Å². The Labute approximate surface area is 70.0 Å². The van der Waals surface area contributed by atoms with Gasteiger partial charge >= 0.3 is 5.97 Å². The second-order valence-corrected chi connectivity index (χ2v) is 4.61. The molecule has 0 amide bonds.